The normalized spacial score (nSPS) is 12.4. The third-order valence-corrected chi connectivity index (χ3v) is 5.25. The summed E-state index contributed by atoms with van der Waals surface area (Å²) in [4.78, 5) is 0. The molecule has 1 aliphatic carbocycles. The van der Waals surface area contributed by atoms with Gasteiger partial charge in [-0.15, -0.1) is 24.8 Å². The van der Waals surface area contributed by atoms with E-state index in [4.69, 9.17) is 3.32 Å². The van der Waals surface area contributed by atoms with Gasteiger partial charge in [-0.3, -0.25) is 0 Å². The minimum absolute atomic E-state index is 0. The van der Waals surface area contributed by atoms with Crippen LogP contribution in [0.5, 0.6) is 5.75 Å². The molecule has 3 rings (SSSR count). The number of rotatable bonds is 4. The molecule has 114 valence electrons. The first-order valence-electron chi connectivity index (χ1n) is 6.77. The third kappa shape index (κ3) is 4.76. The molecule has 1 aliphatic rings. The summed E-state index contributed by atoms with van der Waals surface area (Å²) in [6.45, 7) is 2.17. The molecular formula is C18H18Cl2OTi. The van der Waals surface area contributed by atoms with Crippen molar-refractivity contribution in [2.45, 2.75) is 13.3 Å². The fourth-order valence-corrected chi connectivity index (χ4v) is 3.50. The smallest absolute Gasteiger partial charge is 0.147 e. The summed E-state index contributed by atoms with van der Waals surface area (Å²) in [5, 5.41) is 0. The molecule has 0 bridgehead atoms. The standard InChI is InChI=1S/C12H10O.C6H7.2ClH.Ti/c13-12-8-4-7-11(9-12)10-5-2-1-3-6-10;1-6-4-2-3-5-6;;;/h1-9,13H;2,4H,3H2,1H3;2*1H;/q;;;;+1/p-1. The van der Waals surface area contributed by atoms with Gasteiger partial charge >= 0.3 is 129 Å². The Balaban J connectivity index is 0.00000121. The molecule has 4 heteroatoms. The SMILES string of the molecule is CC1=[C]([Ti][O]c2cccc(-c3ccccc3)c2)CC=C1.Cl.Cl. The molecule has 0 fully saturated rings. The predicted molar refractivity (Wildman–Crippen MR) is 93.5 cm³/mol. The molecular weight excluding hydrogens is 351 g/mol. The van der Waals surface area contributed by atoms with Crippen LogP contribution in [0.2, 0.25) is 0 Å². The number of benzene rings is 2. The van der Waals surface area contributed by atoms with Crippen LogP contribution in [0, 0.1) is 0 Å². The summed E-state index contributed by atoms with van der Waals surface area (Å²) in [6.07, 6.45) is 5.49. The zero-order valence-corrected chi connectivity index (χ0v) is 15.5. The van der Waals surface area contributed by atoms with Gasteiger partial charge in [-0.25, -0.2) is 0 Å². The molecule has 0 unspecified atom stereocenters. The van der Waals surface area contributed by atoms with Crippen LogP contribution in [-0.2, 0) is 19.5 Å². The fraction of sp³-hybridized carbons (Fsp3) is 0.111. The second-order valence-electron chi connectivity index (χ2n) is 4.87. The number of hydrogen-bond acceptors (Lipinski definition) is 1. The molecule has 0 radical (unpaired) electrons. The average Bonchev–Trinajstić information content (AvgIpc) is 2.92. The van der Waals surface area contributed by atoms with Gasteiger partial charge in [0.25, 0.3) is 0 Å². The molecule has 22 heavy (non-hydrogen) atoms. The molecule has 2 aromatic carbocycles. The molecule has 0 saturated carbocycles. The summed E-state index contributed by atoms with van der Waals surface area (Å²) in [7, 11) is 0. The van der Waals surface area contributed by atoms with Gasteiger partial charge in [0.2, 0.25) is 0 Å². The minimum atomic E-state index is -0.505. The van der Waals surface area contributed by atoms with Gasteiger partial charge in [0.05, 0.1) is 0 Å². The van der Waals surface area contributed by atoms with E-state index in [1.54, 1.807) is 0 Å². The van der Waals surface area contributed by atoms with Crippen molar-refractivity contribution >= 4 is 24.8 Å². The average molecular weight is 369 g/mol. The predicted octanol–water partition coefficient (Wildman–Crippen LogP) is 5.81. The Morgan fingerprint density at radius 3 is 2.32 bits per heavy atom. The quantitative estimate of drug-likeness (QED) is 0.619. The Morgan fingerprint density at radius 2 is 1.64 bits per heavy atom. The number of halogens is 2. The van der Waals surface area contributed by atoms with E-state index in [9.17, 15) is 0 Å². The first-order valence-corrected chi connectivity index (χ1v) is 8.19. The van der Waals surface area contributed by atoms with E-state index in [1.807, 2.05) is 12.1 Å². The largest absolute Gasteiger partial charge is 0.147 e. The van der Waals surface area contributed by atoms with Gasteiger partial charge in [0, 0.05) is 0 Å². The maximum atomic E-state index is 6.05. The van der Waals surface area contributed by atoms with Gasteiger partial charge in [0.15, 0.2) is 0 Å². The second-order valence-corrected chi connectivity index (χ2v) is 6.45. The Morgan fingerprint density at radius 1 is 0.909 bits per heavy atom. The third-order valence-electron chi connectivity index (χ3n) is 3.40. The van der Waals surface area contributed by atoms with E-state index in [-0.39, 0.29) is 24.8 Å². The van der Waals surface area contributed by atoms with Gasteiger partial charge in [0.1, 0.15) is 0 Å². The van der Waals surface area contributed by atoms with E-state index in [0.29, 0.717) is 0 Å². The van der Waals surface area contributed by atoms with Crippen LogP contribution in [-0.4, -0.2) is 0 Å². The van der Waals surface area contributed by atoms with Crippen LogP contribution in [0.3, 0.4) is 0 Å². The van der Waals surface area contributed by atoms with Crippen LogP contribution in [0.25, 0.3) is 11.1 Å². The molecule has 0 amide bonds. The molecule has 0 aliphatic heterocycles. The Labute approximate surface area is 153 Å². The molecule has 1 nitrogen and oxygen atoms in total. The Bertz CT molecular complexity index is 666. The monoisotopic (exact) mass is 368 g/mol. The van der Waals surface area contributed by atoms with Crippen molar-refractivity contribution in [3.05, 3.63) is 76.2 Å². The summed E-state index contributed by atoms with van der Waals surface area (Å²) in [5.74, 6) is 0.985. The molecule has 0 saturated heterocycles. The van der Waals surface area contributed by atoms with Crippen molar-refractivity contribution in [3.63, 3.8) is 0 Å². The second kappa shape index (κ2) is 9.22. The summed E-state index contributed by atoms with van der Waals surface area (Å²) in [5.41, 5.74) is 3.84. The first-order chi connectivity index (χ1) is 9.83. The number of hydrogen-bond donors (Lipinski definition) is 0. The first kappa shape index (κ1) is 19.1. The number of allylic oxidation sites excluding steroid dienone is 4. The zero-order valence-electron chi connectivity index (χ0n) is 12.3. The summed E-state index contributed by atoms with van der Waals surface area (Å²) >= 11 is -0.505. The van der Waals surface area contributed by atoms with E-state index < -0.39 is 19.5 Å². The summed E-state index contributed by atoms with van der Waals surface area (Å²) < 4.78 is 7.55. The van der Waals surface area contributed by atoms with Crippen LogP contribution in [0.1, 0.15) is 13.3 Å². The fourth-order valence-electron chi connectivity index (χ4n) is 2.23. The molecule has 0 heterocycles. The molecule has 0 atom stereocenters. The Kier molecular flexibility index (Phi) is 7.99. The van der Waals surface area contributed by atoms with Crippen molar-refractivity contribution in [3.8, 4) is 16.9 Å². The van der Waals surface area contributed by atoms with E-state index in [2.05, 4.69) is 61.5 Å². The van der Waals surface area contributed by atoms with Crippen molar-refractivity contribution in [1.82, 2.24) is 0 Å². The minimum Gasteiger partial charge on any atom is -0.147 e. The van der Waals surface area contributed by atoms with Crippen LogP contribution in [0.15, 0.2) is 76.2 Å². The summed E-state index contributed by atoms with van der Waals surface area (Å²) in [6, 6.07) is 18.8. The van der Waals surface area contributed by atoms with E-state index >= 15 is 0 Å². The van der Waals surface area contributed by atoms with Crippen LogP contribution < -0.4 is 3.32 Å². The topological polar surface area (TPSA) is 9.23 Å². The van der Waals surface area contributed by atoms with Crippen LogP contribution in [0.4, 0.5) is 0 Å². The van der Waals surface area contributed by atoms with Gasteiger partial charge in [-0.05, 0) is 0 Å². The van der Waals surface area contributed by atoms with Gasteiger partial charge in [-0.1, -0.05) is 0 Å². The van der Waals surface area contributed by atoms with E-state index in [1.165, 1.54) is 20.6 Å². The molecule has 2 aromatic rings. The molecule has 0 N–H and O–H groups in total. The van der Waals surface area contributed by atoms with Crippen LogP contribution >= 0.6 is 24.8 Å². The van der Waals surface area contributed by atoms with Crippen molar-refractivity contribution in [2.75, 3.05) is 0 Å². The van der Waals surface area contributed by atoms with Crippen molar-refractivity contribution in [1.29, 1.82) is 0 Å². The van der Waals surface area contributed by atoms with Gasteiger partial charge < -0.3 is 0 Å². The Hall–Kier alpha value is -0.986. The maximum absolute atomic E-state index is 6.05. The molecule has 0 spiro atoms. The maximum Gasteiger partial charge on any atom is -0.147 e. The van der Waals surface area contributed by atoms with Crippen molar-refractivity contribution < 1.29 is 22.9 Å². The zero-order chi connectivity index (χ0) is 13.8. The molecule has 0 aromatic heterocycles. The van der Waals surface area contributed by atoms with Gasteiger partial charge in [-0.2, -0.15) is 0 Å². The van der Waals surface area contributed by atoms with E-state index in [0.717, 1.165) is 12.2 Å². The van der Waals surface area contributed by atoms with Crippen molar-refractivity contribution in [2.24, 2.45) is 0 Å².